The largest absolute Gasteiger partial charge is 0.481 e. The third-order valence-electron chi connectivity index (χ3n) is 2.34. The van der Waals surface area contributed by atoms with Gasteiger partial charge in [-0.3, -0.25) is 5.41 Å². The first-order chi connectivity index (χ1) is 9.19. The van der Waals surface area contributed by atoms with Crippen molar-refractivity contribution in [2.45, 2.75) is 13.5 Å². The Hall–Kier alpha value is -2.30. The van der Waals surface area contributed by atoms with E-state index in [1.165, 1.54) is 13.3 Å². The molecule has 0 atom stereocenters. The number of ether oxygens (including phenoxy) is 2. The summed E-state index contributed by atoms with van der Waals surface area (Å²) in [5.41, 5.74) is 1.14. The Morgan fingerprint density at radius 3 is 2.63 bits per heavy atom. The van der Waals surface area contributed by atoms with E-state index >= 15 is 0 Å². The summed E-state index contributed by atoms with van der Waals surface area (Å²) in [6, 6.07) is 9.73. The van der Waals surface area contributed by atoms with E-state index < -0.39 is 5.97 Å². The maximum absolute atomic E-state index is 11.6. The maximum Gasteiger partial charge on any atom is 0.345 e. The maximum atomic E-state index is 11.6. The van der Waals surface area contributed by atoms with Gasteiger partial charge in [0.2, 0.25) is 5.90 Å². The molecule has 0 aliphatic rings. The highest BCUT2D eigenvalue weighted by molar-refractivity contribution is 6.15. The summed E-state index contributed by atoms with van der Waals surface area (Å²) in [5.74, 6) is -0.797. The van der Waals surface area contributed by atoms with Crippen molar-refractivity contribution < 1.29 is 14.3 Å². The second-order valence-corrected chi connectivity index (χ2v) is 3.68. The van der Waals surface area contributed by atoms with Gasteiger partial charge in [-0.25, -0.2) is 4.79 Å². The summed E-state index contributed by atoms with van der Waals surface area (Å²) in [6.45, 7) is 2.52. The average Bonchev–Trinajstić information content (AvgIpc) is 2.44. The van der Waals surface area contributed by atoms with Gasteiger partial charge in [-0.15, -0.1) is 0 Å². The molecule has 0 heterocycles. The van der Waals surface area contributed by atoms with Crippen LogP contribution in [0.2, 0.25) is 0 Å². The molecule has 19 heavy (non-hydrogen) atoms. The van der Waals surface area contributed by atoms with E-state index in [-0.39, 0.29) is 18.1 Å². The lowest BCUT2D eigenvalue weighted by molar-refractivity contribution is -0.138. The smallest absolute Gasteiger partial charge is 0.345 e. The van der Waals surface area contributed by atoms with Gasteiger partial charge in [-0.05, 0) is 12.5 Å². The van der Waals surface area contributed by atoms with E-state index in [2.05, 4.69) is 5.32 Å². The molecule has 5 nitrogen and oxygen atoms in total. The Bertz CT molecular complexity index is 455. The lowest BCUT2D eigenvalue weighted by atomic mass is 10.2. The second-order valence-electron chi connectivity index (χ2n) is 3.68. The predicted molar refractivity (Wildman–Crippen MR) is 72.7 cm³/mol. The summed E-state index contributed by atoms with van der Waals surface area (Å²) < 4.78 is 9.62. The molecule has 0 fully saturated rings. The van der Waals surface area contributed by atoms with Crippen LogP contribution in [0.1, 0.15) is 12.5 Å². The van der Waals surface area contributed by atoms with Gasteiger partial charge in [0.05, 0.1) is 13.7 Å². The minimum absolute atomic E-state index is 0.0697. The number of carbonyl (C=O) groups excluding carboxylic acids is 1. The zero-order valence-electron chi connectivity index (χ0n) is 11.1. The summed E-state index contributed by atoms with van der Waals surface area (Å²) in [4.78, 5) is 11.6. The van der Waals surface area contributed by atoms with Crippen molar-refractivity contribution in [1.29, 1.82) is 5.41 Å². The van der Waals surface area contributed by atoms with Gasteiger partial charge < -0.3 is 14.8 Å². The molecule has 0 aliphatic carbocycles. The number of hydrogen-bond donors (Lipinski definition) is 2. The third-order valence-corrected chi connectivity index (χ3v) is 2.34. The molecule has 102 valence electrons. The lowest BCUT2D eigenvalue weighted by Crippen LogP contribution is -2.20. The van der Waals surface area contributed by atoms with Gasteiger partial charge in [-0.2, -0.15) is 0 Å². The Labute approximate surface area is 112 Å². The monoisotopic (exact) mass is 262 g/mol. The SMILES string of the molecule is CCOC(=O)/C(=C/NCc1ccccc1)C(=N)OC. The quantitative estimate of drug-likeness (QED) is 0.355. The van der Waals surface area contributed by atoms with Crippen LogP contribution in [-0.2, 0) is 20.8 Å². The van der Waals surface area contributed by atoms with Crippen LogP contribution in [0.15, 0.2) is 42.1 Å². The Morgan fingerprint density at radius 2 is 2.05 bits per heavy atom. The van der Waals surface area contributed by atoms with Crippen molar-refractivity contribution >= 4 is 11.9 Å². The molecule has 0 bridgehead atoms. The fourth-order valence-electron chi connectivity index (χ4n) is 1.40. The Balaban J connectivity index is 2.67. The Kier molecular flexibility index (Phi) is 6.15. The summed E-state index contributed by atoms with van der Waals surface area (Å²) in [5, 5.41) is 10.5. The van der Waals surface area contributed by atoms with E-state index in [1.54, 1.807) is 6.92 Å². The molecular formula is C14H18N2O3. The van der Waals surface area contributed by atoms with E-state index in [4.69, 9.17) is 14.9 Å². The topological polar surface area (TPSA) is 71.4 Å². The summed E-state index contributed by atoms with van der Waals surface area (Å²) >= 11 is 0. The Morgan fingerprint density at radius 1 is 1.37 bits per heavy atom. The predicted octanol–water partition coefficient (Wildman–Crippen LogP) is 1.85. The summed E-state index contributed by atoms with van der Waals surface area (Å²) in [6.07, 6.45) is 1.44. The molecule has 2 N–H and O–H groups in total. The zero-order valence-corrected chi connectivity index (χ0v) is 11.1. The number of rotatable bonds is 6. The molecule has 1 rings (SSSR count). The first kappa shape index (κ1) is 14.8. The molecule has 0 saturated heterocycles. The normalized spacial score (nSPS) is 10.7. The minimum Gasteiger partial charge on any atom is -0.481 e. The molecule has 0 saturated carbocycles. The second kappa shape index (κ2) is 7.92. The van der Waals surface area contributed by atoms with Crippen LogP contribution >= 0.6 is 0 Å². The van der Waals surface area contributed by atoms with E-state index in [0.29, 0.717) is 6.54 Å². The molecule has 1 aromatic carbocycles. The number of nitrogens with one attached hydrogen (secondary N) is 2. The van der Waals surface area contributed by atoms with Crippen molar-refractivity contribution in [3.05, 3.63) is 47.7 Å². The van der Waals surface area contributed by atoms with E-state index in [1.807, 2.05) is 30.3 Å². The summed E-state index contributed by atoms with van der Waals surface area (Å²) in [7, 11) is 1.34. The van der Waals surface area contributed by atoms with Crippen molar-refractivity contribution in [3.63, 3.8) is 0 Å². The molecular weight excluding hydrogens is 244 g/mol. The molecule has 0 aromatic heterocycles. The standard InChI is InChI=1S/C14H18N2O3/c1-3-19-14(17)12(13(15)18-2)10-16-9-11-7-5-4-6-8-11/h4-8,10,15-16H,3,9H2,1-2H3/b12-10+,15-13?. The highest BCUT2D eigenvalue weighted by Crippen LogP contribution is 2.02. The van der Waals surface area contributed by atoms with Crippen LogP contribution < -0.4 is 5.32 Å². The van der Waals surface area contributed by atoms with Crippen molar-refractivity contribution in [2.24, 2.45) is 0 Å². The molecule has 0 aliphatic heterocycles. The van der Waals surface area contributed by atoms with Crippen LogP contribution in [0.25, 0.3) is 0 Å². The van der Waals surface area contributed by atoms with Gasteiger partial charge in [0.15, 0.2) is 0 Å². The fourth-order valence-corrected chi connectivity index (χ4v) is 1.40. The highest BCUT2D eigenvalue weighted by Gasteiger charge is 2.16. The minimum atomic E-state index is -0.574. The van der Waals surface area contributed by atoms with E-state index in [9.17, 15) is 4.79 Å². The van der Waals surface area contributed by atoms with Gasteiger partial charge in [0, 0.05) is 12.7 Å². The van der Waals surface area contributed by atoms with Gasteiger partial charge >= 0.3 is 5.97 Å². The number of methoxy groups -OCH3 is 1. The number of esters is 1. The molecule has 0 unspecified atom stereocenters. The molecule has 1 aromatic rings. The first-order valence-electron chi connectivity index (χ1n) is 5.96. The van der Waals surface area contributed by atoms with Crippen LogP contribution in [0.4, 0.5) is 0 Å². The van der Waals surface area contributed by atoms with Crippen molar-refractivity contribution in [1.82, 2.24) is 5.32 Å². The molecule has 0 radical (unpaired) electrons. The lowest BCUT2D eigenvalue weighted by Gasteiger charge is -2.08. The van der Waals surface area contributed by atoms with Crippen LogP contribution in [0.3, 0.4) is 0 Å². The number of hydrogen-bond acceptors (Lipinski definition) is 5. The molecule has 5 heteroatoms. The zero-order chi connectivity index (χ0) is 14.1. The average molecular weight is 262 g/mol. The molecule has 0 amide bonds. The number of benzene rings is 1. The van der Waals surface area contributed by atoms with Crippen LogP contribution in [0, 0.1) is 5.41 Å². The van der Waals surface area contributed by atoms with E-state index in [0.717, 1.165) is 5.56 Å². The fraction of sp³-hybridized carbons (Fsp3) is 0.286. The first-order valence-corrected chi connectivity index (χ1v) is 5.96. The molecule has 0 spiro atoms. The van der Waals surface area contributed by atoms with Crippen molar-refractivity contribution in [3.8, 4) is 0 Å². The number of carbonyl (C=O) groups is 1. The highest BCUT2D eigenvalue weighted by atomic mass is 16.5. The van der Waals surface area contributed by atoms with Crippen molar-refractivity contribution in [2.75, 3.05) is 13.7 Å². The van der Waals surface area contributed by atoms with Crippen LogP contribution in [0.5, 0.6) is 0 Å². The van der Waals surface area contributed by atoms with Crippen LogP contribution in [-0.4, -0.2) is 25.6 Å². The van der Waals surface area contributed by atoms with Gasteiger partial charge in [0.1, 0.15) is 5.57 Å². The van der Waals surface area contributed by atoms with Gasteiger partial charge in [0.25, 0.3) is 0 Å². The third kappa shape index (κ3) is 4.83. The van der Waals surface area contributed by atoms with Gasteiger partial charge in [-0.1, -0.05) is 30.3 Å².